The van der Waals surface area contributed by atoms with Gasteiger partial charge in [0.1, 0.15) is 23.9 Å². The molecule has 3 aliphatic rings. The van der Waals surface area contributed by atoms with Crippen molar-refractivity contribution in [3.8, 4) is 6.07 Å². The Balaban J connectivity index is 1.65. The first-order valence-electron chi connectivity index (χ1n) is 8.68. The van der Waals surface area contributed by atoms with Crippen LogP contribution in [0.4, 0.5) is 5.69 Å². The molecule has 0 saturated carbocycles. The molecule has 1 unspecified atom stereocenters. The van der Waals surface area contributed by atoms with E-state index >= 15 is 0 Å². The van der Waals surface area contributed by atoms with Gasteiger partial charge >= 0.3 is 0 Å². The van der Waals surface area contributed by atoms with Crippen molar-refractivity contribution in [1.29, 1.82) is 5.26 Å². The van der Waals surface area contributed by atoms with Crippen LogP contribution in [-0.2, 0) is 9.59 Å². The number of fused-ring (bicyclic) bond motifs is 5. The summed E-state index contributed by atoms with van der Waals surface area (Å²) >= 11 is 0. The molecule has 5 atom stereocenters. The molecule has 0 spiro atoms. The summed E-state index contributed by atoms with van der Waals surface area (Å²) in [6.45, 7) is 0. The quantitative estimate of drug-likeness (QED) is 0.795. The van der Waals surface area contributed by atoms with Gasteiger partial charge in [-0.1, -0.05) is 42.5 Å². The molecule has 5 rings (SSSR count). The summed E-state index contributed by atoms with van der Waals surface area (Å²) in [5.74, 6) is -1.57. The van der Waals surface area contributed by atoms with Crippen molar-refractivity contribution in [2.75, 3.05) is 4.90 Å². The molecule has 2 amide bonds. The highest BCUT2D eigenvalue weighted by atomic mass is 16.2. The predicted octanol–water partition coefficient (Wildman–Crippen LogP) is 1.31. The van der Waals surface area contributed by atoms with Gasteiger partial charge in [0.25, 0.3) is 0 Å². The maximum Gasteiger partial charge on any atom is 0.245 e. The van der Waals surface area contributed by atoms with E-state index in [1.165, 1.54) is 4.90 Å². The van der Waals surface area contributed by atoms with E-state index in [9.17, 15) is 14.9 Å². The number of rotatable bonds is 1. The Bertz CT molecular complexity index is 992. The van der Waals surface area contributed by atoms with Gasteiger partial charge in [-0.25, -0.2) is 4.90 Å². The second-order valence-electron chi connectivity index (χ2n) is 6.95. The third-order valence-electron chi connectivity index (χ3n) is 5.77. The molecule has 0 aromatic heterocycles. The Labute approximate surface area is 150 Å². The van der Waals surface area contributed by atoms with Crippen molar-refractivity contribution in [3.05, 3.63) is 71.9 Å². The number of anilines is 1. The minimum absolute atomic E-state index is 0.198. The van der Waals surface area contributed by atoms with Gasteiger partial charge in [0.15, 0.2) is 6.04 Å². The topological polar surface area (TPSA) is 65.6 Å². The highest BCUT2D eigenvalue weighted by Gasteiger charge is 2.66. The van der Waals surface area contributed by atoms with E-state index < -0.39 is 17.9 Å². The fourth-order valence-corrected chi connectivity index (χ4v) is 4.72. The van der Waals surface area contributed by atoms with Crippen LogP contribution in [0.5, 0.6) is 0 Å². The molecular weight excluding hydrogens is 326 g/mol. The van der Waals surface area contributed by atoms with E-state index in [0.29, 0.717) is 5.69 Å². The molecule has 2 aromatic carbocycles. The third-order valence-corrected chi connectivity index (χ3v) is 5.77. The van der Waals surface area contributed by atoms with E-state index in [0.717, 1.165) is 16.0 Å². The molecule has 2 aromatic rings. The number of carbonyl (C=O) groups is 2. The SMILES string of the molecule is N#C[C@H]1[C@H]2C(=O)N(c3ccccc3)C(=O)[C@H]2[C@@H]2c3ccccc3C=C[NH+]12. The van der Waals surface area contributed by atoms with Crippen LogP contribution in [0.15, 0.2) is 60.8 Å². The van der Waals surface area contributed by atoms with Gasteiger partial charge in [-0.15, -0.1) is 0 Å². The number of carbonyl (C=O) groups excluding carboxylic acids is 2. The largest absolute Gasteiger partial charge is 0.287 e. The van der Waals surface area contributed by atoms with Gasteiger partial charge in [0.2, 0.25) is 11.8 Å². The lowest BCUT2D eigenvalue weighted by Crippen LogP contribution is -3.10. The van der Waals surface area contributed by atoms with E-state index in [2.05, 4.69) is 6.07 Å². The summed E-state index contributed by atoms with van der Waals surface area (Å²) in [4.78, 5) is 28.6. The predicted molar refractivity (Wildman–Crippen MR) is 94.5 cm³/mol. The van der Waals surface area contributed by atoms with E-state index in [4.69, 9.17) is 0 Å². The molecule has 0 radical (unpaired) electrons. The minimum Gasteiger partial charge on any atom is -0.287 e. The lowest BCUT2D eigenvalue weighted by atomic mass is 9.85. The maximum atomic E-state index is 13.3. The van der Waals surface area contributed by atoms with Crippen molar-refractivity contribution >= 4 is 23.6 Å². The molecule has 2 fully saturated rings. The van der Waals surface area contributed by atoms with Crippen LogP contribution in [-0.4, -0.2) is 17.9 Å². The maximum absolute atomic E-state index is 13.3. The monoisotopic (exact) mass is 342 g/mol. The number of nitrogens with one attached hydrogen (secondary N) is 1. The molecule has 5 nitrogen and oxygen atoms in total. The number of nitrogens with zero attached hydrogens (tertiary/aromatic N) is 2. The van der Waals surface area contributed by atoms with Gasteiger partial charge in [0.05, 0.1) is 11.9 Å². The van der Waals surface area contributed by atoms with Crippen LogP contribution < -0.4 is 9.80 Å². The van der Waals surface area contributed by atoms with Crippen LogP contribution in [0.1, 0.15) is 17.2 Å². The minimum atomic E-state index is -0.608. The van der Waals surface area contributed by atoms with Gasteiger partial charge in [0, 0.05) is 5.56 Å². The second kappa shape index (κ2) is 5.38. The fourth-order valence-electron chi connectivity index (χ4n) is 4.72. The molecule has 1 N–H and O–H groups in total. The number of quaternary nitrogens is 1. The number of nitriles is 1. The second-order valence-corrected chi connectivity index (χ2v) is 6.95. The van der Waals surface area contributed by atoms with Crippen LogP contribution in [0.25, 0.3) is 6.08 Å². The van der Waals surface area contributed by atoms with E-state index in [-0.39, 0.29) is 17.9 Å². The van der Waals surface area contributed by atoms with Crippen molar-refractivity contribution in [2.45, 2.75) is 12.1 Å². The zero-order valence-electron chi connectivity index (χ0n) is 13.9. The standard InChI is InChI=1S/C21H15N3O2/c22-12-16-17-18(19-15-9-5-4-6-13(15)10-11-23(16)19)21(26)24(20(17)25)14-7-2-1-3-8-14/h1-11,16-19H/p+1/t16-,17+,18+,19-/m0/s1. The summed E-state index contributed by atoms with van der Waals surface area (Å²) < 4.78 is 0. The van der Waals surface area contributed by atoms with Crippen molar-refractivity contribution in [1.82, 2.24) is 0 Å². The van der Waals surface area contributed by atoms with Crippen LogP contribution in [0, 0.1) is 23.2 Å². The number of imide groups is 1. The first-order chi connectivity index (χ1) is 12.7. The number of para-hydroxylation sites is 1. The van der Waals surface area contributed by atoms with Crippen molar-refractivity contribution < 1.29 is 14.5 Å². The molecule has 0 bridgehead atoms. The number of benzene rings is 2. The Morgan fingerprint density at radius 3 is 2.38 bits per heavy atom. The van der Waals surface area contributed by atoms with Gasteiger partial charge in [-0.05, 0) is 23.8 Å². The molecular formula is C21H16N3O2+. The Hall–Kier alpha value is -3.23. The van der Waals surface area contributed by atoms with E-state index in [1.54, 1.807) is 12.1 Å². The third kappa shape index (κ3) is 1.82. The van der Waals surface area contributed by atoms with Crippen LogP contribution in [0.3, 0.4) is 0 Å². The normalized spacial score (nSPS) is 31.3. The number of hydrogen-bond donors (Lipinski definition) is 1. The van der Waals surface area contributed by atoms with Gasteiger partial charge in [-0.3, -0.25) is 14.5 Å². The highest BCUT2D eigenvalue weighted by molar-refractivity contribution is 6.22. The number of amides is 2. The first-order valence-corrected chi connectivity index (χ1v) is 8.68. The molecule has 3 aliphatic heterocycles. The smallest absolute Gasteiger partial charge is 0.245 e. The van der Waals surface area contributed by atoms with Gasteiger partial charge in [-0.2, -0.15) is 5.26 Å². The Morgan fingerprint density at radius 1 is 0.923 bits per heavy atom. The summed E-state index contributed by atoms with van der Waals surface area (Å²) in [5, 5.41) is 9.77. The molecule has 0 aliphatic carbocycles. The summed E-state index contributed by atoms with van der Waals surface area (Å²) in [6, 6.07) is 18.4. The molecule has 126 valence electrons. The zero-order chi connectivity index (χ0) is 17.8. The van der Waals surface area contributed by atoms with Gasteiger partial charge < -0.3 is 0 Å². The number of hydrogen-bond acceptors (Lipinski definition) is 3. The Kier molecular flexibility index (Phi) is 3.12. The molecule has 5 heteroatoms. The molecule has 26 heavy (non-hydrogen) atoms. The summed E-state index contributed by atoms with van der Waals surface area (Å²) in [6.07, 6.45) is 3.92. The van der Waals surface area contributed by atoms with E-state index in [1.807, 2.05) is 54.7 Å². The Morgan fingerprint density at radius 2 is 1.62 bits per heavy atom. The average Bonchev–Trinajstić information content (AvgIpc) is 3.15. The van der Waals surface area contributed by atoms with Crippen molar-refractivity contribution in [3.63, 3.8) is 0 Å². The highest BCUT2D eigenvalue weighted by Crippen LogP contribution is 2.44. The first kappa shape index (κ1) is 15.1. The summed E-state index contributed by atoms with van der Waals surface area (Å²) in [7, 11) is 0. The summed E-state index contributed by atoms with van der Waals surface area (Å²) in [5.41, 5.74) is 2.67. The van der Waals surface area contributed by atoms with Crippen molar-refractivity contribution in [2.24, 2.45) is 11.8 Å². The fraction of sp³-hybridized carbons (Fsp3) is 0.190. The molecule has 3 heterocycles. The zero-order valence-corrected chi connectivity index (χ0v) is 13.9. The average molecular weight is 342 g/mol. The van der Waals surface area contributed by atoms with Crippen LogP contribution >= 0.6 is 0 Å². The lowest BCUT2D eigenvalue weighted by molar-refractivity contribution is -0.885. The molecule has 2 saturated heterocycles. The lowest BCUT2D eigenvalue weighted by Gasteiger charge is -2.28. The van der Waals surface area contributed by atoms with Crippen LogP contribution in [0.2, 0.25) is 0 Å².